The van der Waals surface area contributed by atoms with Crippen molar-refractivity contribution in [1.29, 1.82) is 0 Å². The van der Waals surface area contributed by atoms with Crippen LogP contribution in [0.25, 0.3) is 11.1 Å². The quantitative estimate of drug-likeness (QED) is 0.357. The molecule has 0 aliphatic heterocycles. The van der Waals surface area contributed by atoms with Crippen molar-refractivity contribution in [1.82, 2.24) is 0 Å². The van der Waals surface area contributed by atoms with E-state index in [1.807, 2.05) is 19.2 Å². The van der Waals surface area contributed by atoms with Crippen molar-refractivity contribution in [3.05, 3.63) is 108 Å². The maximum Gasteiger partial charge on any atom is 0.120 e. The summed E-state index contributed by atoms with van der Waals surface area (Å²) in [6.45, 7) is 8.46. The van der Waals surface area contributed by atoms with Gasteiger partial charge in [0.2, 0.25) is 0 Å². The number of hydrogen-bond acceptors (Lipinski definition) is 3. The van der Waals surface area contributed by atoms with Crippen molar-refractivity contribution in [2.75, 3.05) is 14.2 Å². The summed E-state index contributed by atoms with van der Waals surface area (Å²) in [7, 11) is 3.52. The van der Waals surface area contributed by atoms with Gasteiger partial charge in [-0.3, -0.25) is 0 Å². The molecule has 4 rings (SSSR count). The second-order valence-electron chi connectivity index (χ2n) is 10.2. The standard InChI is InChI=1S/C32H36O3/c1-23-30(26-14-16-27(33-5)17-15-26)29(25-12-18-28(19-13-25)35-31(2,3)4)20-21-32(23,34-6)22-24-10-8-7-9-11-24/h7-21,23H,22H2,1-6H3. The van der Waals surface area contributed by atoms with E-state index in [4.69, 9.17) is 14.2 Å². The molecule has 2 atom stereocenters. The van der Waals surface area contributed by atoms with Gasteiger partial charge in [-0.25, -0.2) is 0 Å². The number of ether oxygens (including phenoxy) is 3. The molecular weight excluding hydrogens is 432 g/mol. The normalized spacial score (nSPS) is 20.1. The first-order chi connectivity index (χ1) is 16.7. The Morgan fingerprint density at radius 1 is 0.771 bits per heavy atom. The summed E-state index contributed by atoms with van der Waals surface area (Å²) in [5.74, 6) is 1.84. The molecule has 0 N–H and O–H groups in total. The highest BCUT2D eigenvalue weighted by Crippen LogP contribution is 2.46. The van der Waals surface area contributed by atoms with Crippen molar-refractivity contribution >= 4 is 11.1 Å². The molecule has 0 spiro atoms. The number of hydrogen-bond donors (Lipinski definition) is 0. The Bertz CT molecular complexity index is 1180. The summed E-state index contributed by atoms with van der Waals surface area (Å²) < 4.78 is 17.8. The minimum atomic E-state index is -0.449. The van der Waals surface area contributed by atoms with Crippen LogP contribution in [0.1, 0.15) is 44.4 Å². The van der Waals surface area contributed by atoms with E-state index in [-0.39, 0.29) is 11.5 Å². The van der Waals surface area contributed by atoms with Gasteiger partial charge < -0.3 is 14.2 Å². The largest absolute Gasteiger partial charge is 0.497 e. The van der Waals surface area contributed by atoms with E-state index in [0.29, 0.717) is 0 Å². The van der Waals surface area contributed by atoms with Gasteiger partial charge in [-0.05, 0) is 72.9 Å². The summed E-state index contributed by atoms with van der Waals surface area (Å²) in [5, 5.41) is 0. The maximum absolute atomic E-state index is 6.28. The van der Waals surface area contributed by atoms with Crippen molar-refractivity contribution in [2.24, 2.45) is 5.92 Å². The van der Waals surface area contributed by atoms with E-state index >= 15 is 0 Å². The van der Waals surface area contributed by atoms with Gasteiger partial charge in [-0.1, -0.05) is 73.7 Å². The molecule has 1 aliphatic rings. The van der Waals surface area contributed by atoms with E-state index in [1.165, 1.54) is 22.3 Å². The Hall–Kier alpha value is -3.30. The lowest BCUT2D eigenvalue weighted by atomic mass is 9.70. The smallest absolute Gasteiger partial charge is 0.120 e. The van der Waals surface area contributed by atoms with Gasteiger partial charge in [-0.15, -0.1) is 0 Å². The highest BCUT2D eigenvalue weighted by molar-refractivity contribution is 5.98. The van der Waals surface area contributed by atoms with Gasteiger partial charge in [0.15, 0.2) is 0 Å². The predicted molar refractivity (Wildman–Crippen MR) is 145 cm³/mol. The molecule has 35 heavy (non-hydrogen) atoms. The molecule has 2 unspecified atom stereocenters. The van der Waals surface area contributed by atoms with Crippen LogP contribution in [-0.2, 0) is 11.2 Å². The fourth-order valence-corrected chi connectivity index (χ4v) is 4.86. The molecule has 182 valence electrons. The molecule has 0 amide bonds. The SMILES string of the molecule is COc1ccc(C2=C(c3ccc(OC(C)(C)C)cc3)C=CC(Cc3ccccc3)(OC)C2C)cc1. The Morgan fingerprint density at radius 3 is 1.94 bits per heavy atom. The monoisotopic (exact) mass is 468 g/mol. The second-order valence-corrected chi connectivity index (χ2v) is 10.2. The van der Waals surface area contributed by atoms with Crippen LogP contribution in [0.4, 0.5) is 0 Å². The summed E-state index contributed by atoms with van der Waals surface area (Å²) in [5.41, 5.74) is 5.36. The number of methoxy groups -OCH3 is 2. The highest BCUT2D eigenvalue weighted by atomic mass is 16.5. The van der Waals surface area contributed by atoms with Crippen LogP contribution in [0.2, 0.25) is 0 Å². The minimum absolute atomic E-state index is 0.117. The molecule has 3 aromatic carbocycles. The van der Waals surface area contributed by atoms with Gasteiger partial charge >= 0.3 is 0 Å². The zero-order valence-electron chi connectivity index (χ0n) is 21.7. The van der Waals surface area contributed by atoms with Crippen LogP contribution in [0, 0.1) is 5.92 Å². The van der Waals surface area contributed by atoms with Gasteiger partial charge in [0.1, 0.15) is 17.1 Å². The van der Waals surface area contributed by atoms with E-state index in [2.05, 4.69) is 107 Å². The molecular formula is C32H36O3. The van der Waals surface area contributed by atoms with Crippen LogP contribution in [0.15, 0.2) is 91.0 Å². The third kappa shape index (κ3) is 5.52. The molecule has 3 nitrogen and oxygen atoms in total. The molecule has 0 aromatic heterocycles. The molecule has 1 aliphatic carbocycles. The third-order valence-electron chi connectivity index (χ3n) is 6.68. The maximum atomic E-state index is 6.28. The lowest BCUT2D eigenvalue weighted by Crippen LogP contribution is -2.41. The summed E-state index contributed by atoms with van der Waals surface area (Å²) >= 11 is 0. The third-order valence-corrected chi connectivity index (χ3v) is 6.68. The molecule has 3 aromatic rings. The van der Waals surface area contributed by atoms with Gasteiger partial charge in [0, 0.05) is 19.4 Å². The average molecular weight is 469 g/mol. The Labute approximate surface area is 210 Å². The summed E-state index contributed by atoms with van der Waals surface area (Å²) in [6, 6.07) is 27.3. The van der Waals surface area contributed by atoms with Gasteiger partial charge in [0.05, 0.1) is 12.7 Å². The van der Waals surface area contributed by atoms with E-state index in [1.54, 1.807) is 7.11 Å². The summed E-state index contributed by atoms with van der Waals surface area (Å²) in [6.07, 6.45) is 5.27. The van der Waals surface area contributed by atoms with Crippen molar-refractivity contribution in [3.63, 3.8) is 0 Å². The Balaban J connectivity index is 1.79. The predicted octanol–water partition coefficient (Wildman–Crippen LogP) is 7.62. The molecule has 0 fully saturated rings. The topological polar surface area (TPSA) is 27.7 Å². The Morgan fingerprint density at radius 2 is 1.37 bits per heavy atom. The van der Waals surface area contributed by atoms with Crippen molar-refractivity contribution in [3.8, 4) is 11.5 Å². The number of rotatable bonds is 7. The van der Waals surface area contributed by atoms with Crippen LogP contribution >= 0.6 is 0 Å². The molecule has 0 bridgehead atoms. The lowest BCUT2D eigenvalue weighted by molar-refractivity contribution is 0.00573. The van der Waals surface area contributed by atoms with Crippen LogP contribution < -0.4 is 9.47 Å². The molecule has 0 radical (unpaired) electrons. The first-order valence-corrected chi connectivity index (χ1v) is 12.2. The van der Waals surface area contributed by atoms with Crippen LogP contribution in [0.3, 0.4) is 0 Å². The summed E-state index contributed by atoms with van der Waals surface area (Å²) in [4.78, 5) is 0. The number of allylic oxidation sites excluding steroid dienone is 2. The van der Waals surface area contributed by atoms with E-state index in [9.17, 15) is 0 Å². The van der Waals surface area contributed by atoms with E-state index < -0.39 is 5.60 Å². The molecule has 0 saturated heterocycles. The highest BCUT2D eigenvalue weighted by Gasteiger charge is 2.40. The van der Waals surface area contributed by atoms with Crippen LogP contribution in [0.5, 0.6) is 11.5 Å². The molecule has 0 heterocycles. The van der Waals surface area contributed by atoms with Gasteiger partial charge in [0.25, 0.3) is 0 Å². The van der Waals surface area contributed by atoms with Gasteiger partial charge in [-0.2, -0.15) is 0 Å². The second kappa shape index (κ2) is 10.1. The fraction of sp³-hybridized carbons (Fsp3) is 0.312. The first kappa shape index (κ1) is 24.8. The zero-order valence-corrected chi connectivity index (χ0v) is 21.7. The fourth-order valence-electron chi connectivity index (χ4n) is 4.86. The zero-order chi connectivity index (χ0) is 25.1. The molecule has 0 saturated carbocycles. The van der Waals surface area contributed by atoms with Crippen molar-refractivity contribution < 1.29 is 14.2 Å². The first-order valence-electron chi connectivity index (χ1n) is 12.2. The number of benzene rings is 3. The van der Waals surface area contributed by atoms with E-state index in [0.717, 1.165) is 23.5 Å². The lowest BCUT2D eigenvalue weighted by Gasteiger charge is -2.41. The average Bonchev–Trinajstić information content (AvgIpc) is 2.85. The minimum Gasteiger partial charge on any atom is -0.497 e. The Kier molecular flexibility index (Phi) is 7.18. The molecule has 3 heteroatoms. The van der Waals surface area contributed by atoms with Crippen LogP contribution in [-0.4, -0.2) is 25.4 Å². The van der Waals surface area contributed by atoms with Crippen molar-refractivity contribution in [2.45, 2.75) is 45.3 Å².